The normalized spacial score (nSPS) is 34.8. The molecule has 10 rings (SSSR count). The Kier molecular flexibility index (Phi) is 29.2. The maximum Gasteiger partial charge on any atom is -0.0386 e. The summed E-state index contributed by atoms with van der Waals surface area (Å²) in [6, 6.07) is 0. The van der Waals surface area contributed by atoms with Crippen LogP contribution in [0.4, 0.5) is 0 Å². The molecule has 66 heavy (non-hydrogen) atoms. The highest BCUT2D eigenvalue weighted by Gasteiger charge is 2.36. The van der Waals surface area contributed by atoms with E-state index in [1.165, 1.54) is 141 Å². The van der Waals surface area contributed by atoms with Crippen LogP contribution in [0.25, 0.3) is 0 Å². The van der Waals surface area contributed by atoms with Crippen molar-refractivity contribution in [3.63, 3.8) is 0 Å². The smallest absolute Gasteiger partial charge is 0.0386 e. The van der Waals surface area contributed by atoms with E-state index in [0.29, 0.717) is 0 Å². The summed E-state index contributed by atoms with van der Waals surface area (Å²) < 4.78 is 0. The lowest BCUT2D eigenvalue weighted by Gasteiger charge is -2.40. The summed E-state index contributed by atoms with van der Waals surface area (Å²) in [7, 11) is 0. The van der Waals surface area contributed by atoms with Gasteiger partial charge in [-0.15, -0.1) is 0 Å². The Morgan fingerprint density at radius 2 is 0.409 bits per heavy atom. The van der Waals surface area contributed by atoms with E-state index < -0.39 is 0 Å². The van der Waals surface area contributed by atoms with Crippen molar-refractivity contribution in [2.45, 2.75) is 326 Å². The molecule has 0 aromatic heterocycles. The second-order valence-electron chi connectivity index (χ2n) is 26.4. The molecule has 2 unspecified atom stereocenters. The monoisotopic (exact) mass is 919 g/mol. The lowest BCUT2D eigenvalue weighted by atomic mass is 9.66. The van der Waals surface area contributed by atoms with E-state index in [0.717, 1.165) is 94.7 Å². The van der Waals surface area contributed by atoms with Crippen molar-refractivity contribution < 1.29 is 0 Å². The van der Waals surface area contributed by atoms with Crippen molar-refractivity contribution in [1.82, 2.24) is 0 Å². The fraction of sp³-hybridized carbons (Fsp3) is 1.00. The van der Waals surface area contributed by atoms with Crippen LogP contribution in [0, 0.1) is 94.7 Å². The Balaban J connectivity index is 0.000000190. The molecular weight excluding hydrogens is 793 g/mol. The van der Waals surface area contributed by atoms with Crippen LogP contribution in [-0.4, -0.2) is 0 Å². The molecule has 0 amide bonds. The third-order valence-electron chi connectivity index (χ3n) is 22.4. The second-order valence-corrected chi connectivity index (χ2v) is 26.4. The number of hydrogen-bond acceptors (Lipinski definition) is 0. The highest BCUT2D eigenvalue weighted by Crippen LogP contribution is 2.48. The zero-order valence-corrected chi connectivity index (χ0v) is 44.9. The van der Waals surface area contributed by atoms with E-state index in [4.69, 9.17) is 0 Å². The molecule has 0 radical (unpaired) electrons. The Hall–Kier alpha value is 0. The predicted octanol–water partition coefficient (Wildman–Crippen LogP) is 22.7. The largest absolute Gasteiger partial charge is 0.0776 e. The van der Waals surface area contributed by atoms with E-state index >= 15 is 0 Å². The first-order valence-electron chi connectivity index (χ1n) is 31.3. The summed E-state index contributed by atoms with van der Waals surface area (Å²) in [4.78, 5) is 0. The molecule has 0 heteroatoms. The molecule has 2 atom stereocenters. The highest BCUT2D eigenvalue weighted by molar-refractivity contribution is 4.88. The molecule has 0 bridgehead atoms. The number of rotatable bonds is 9. The van der Waals surface area contributed by atoms with E-state index in [9.17, 15) is 0 Å². The zero-order valence-electron chi connectivity index (χ0n) is 44.9. The van der Waals surface area contributed by atoms with Crippen LogP contribution < -0.4 is 0 Å². The van der Waals surface area contributed by atoms with Gasteiger partial charge in [0.1, 0.15) is 0 Å². The molecule has 0 heterocycles. The van der Waals surface area contributed by atoms with Crippen molar-refractivity contribution in [2.24, 2.45) is 94.7 Å². The van der Waals surface area contributed by atoms with Gasteiger partial charge in [0, 0.05) is 0 Å². The van der Waals surface area contributed by atoms with Crippen LogP contribution in [-0.2, 0) is 0 Å². The molecule has 10 aliphatic rings. The lowest BCUT2D eigenvalue weighted by Crippen LogP contribution is -2.29. The van der Waals surface area contributed by atoms with Gasteiger partial charge in [0.05, 0.1) is 0 Å². The van der Waals surface area contributed by atoms with Crippen molar-refractivity contribution in [2.75, 3.05) is 0 Å². The van der Waals surface area contributed by atoms with Gasteiger partial charge in [-0.05, 0) is 172 Å². The molecule has 0 spiro atoms. The predicted molar refractivity (Wildman–Crippen MR) is 297 cm³/mol. The summed E-state index contributed by atoms with van der Waals surface area (Å²) in [6.07, 6.45) is 64.6. The van der Waals surface area contributed by atoms with Crippen LogP contribution >= 0.6 is 0 Å². The molecule has 0 aliphatic heterocycles. The topological polar surface area (TPSA) is 0 Å². The Morgan fingerprint density at radius 3 is 0.621 bits per heavy atom. The van der Waals surface area contributed by atoms with Gasteiger partial charge in [-0.2, -0.15) is 0 Å². The maximum absolute atomic E-state index is 2.46. The SMILES string of the molecule is C.C.C1CCC(C2CCC(C3CCC(C4CCCC4)CC3)CC2)C1.C1CCC(C2CCCC2)C1.CC1CCC(C)CC1.CCC(C)C1CCC(C2CCCC2)CC1.CCC(C)C1CCCC1. The average molecular weight is 920 g/mol. The third kappa shape index (κ3) is 19.5. The van der Waals surface area contributed by atoms with Crippen molar-refractivity contribution in [3.8, 4) is 0 Å². The second kappa shape index (κ2) is 32.9. The first-order chi connectivity index (χ1) is 31.3. The van der Waals surface area contributed by atoms with Gasteiger partial charge in [0.15, 0.2) is 0 Å². The van der Waals surface area contributed by atoms with Crippen molar-refractivity contribution in [1.29, 1.82) is 0 Å². The fourth-order valence-electron chi connectivity index (χ4n) is 17.1. The summed E-state index contributed by atoms with van der Waals surface area (Å²) >= 11 is 0. The van der Waals surface area contributed by atoms with Gasteiger partial charge in [0.25, 0.3) is 0 Å². The van der Waals surface area contributed by atoms with E-state index in [-0.39, 0.29) is 14.9 Å². The summed E-state index contributed by atoms with van der Waals surface area (Å²) in [5, 5.41) is 0. The van der Waals surface area contributed by atoms with Gasteiger partial charge in [-0.25, -0.2) is 0 Å². The maximum atomic E-state index is 2.46. The molecule has 0 aromatic rings. The minimum Gasteiger partial charge on any atom is -0.0776 e. The van der Waals surface area contributed by atoms with Crippen LogP contribution in [0.1, 0.15) is 326 Å². The first-order valence-corrected chi connectivity index (χ1v) is 31.3. The average Bonchev–Trinajstić information content (AvgIpc) is 4.21. The van der Waals surface area contributed by atoms with Crippen LogP contribution in [0.3, 0.4) is 0 Å². The minimum atomic E-state index is 0. The quantitative estimate of drug-likeness (QED) is 0.216. The van der Waals surface area contributed by atoms with Crippen LogP contribution in [0.15, 0.2) is 0 Å². The minimum absolute atomic E-state index is 0. The molecule has 0 N–H and O–H groups in total. The van der Waals surface area contributed by atoms with Gasteiger partial charge in [-0.1, -0.05) is 249 Å². The van der Waals surface area contributed by atoms with E-state index in [1.54, 1.807) is 128 Å². The Bertz CT molecular complexity index is 1040. The molecule has 0 saturated heterocycles. The molecule has 10 aliphatic carbocycles. The highest BCUT2D eigenvalue weighted by atomic mass is 14.4. The third-order valence-corrected chi connectivity index (χ3v) is 22.4. The molecule has 0 nitrogen and oxygen atoms in total. The van der Waals surface area contributed by atoms with Crippen molar-refractivity contribution in [3.05, 3.63) is 0 Å². The molecule has 390 valence electrons. The first kappa shape index (κ1) is 58.6. The van der Waals surface area contributed by atoms with Crippen LogP contribution in [0.2, 0.25) is 0 Å². The van der Waals surface area contributed by atoms with Gasteiger partial charge >= 0.3 is 0 Å². The summed E-state index contributed by atoms with van der Waals surface area (Å²) in [5.41, 5.74) is 0. The van der Waals surface area contributed by atoms with Gasteiger partial charge in [0.2, 0.25) is 0 Å². The Morgan fingerprint density at radius 1 is 0.242 bits per heavy atom. The molecule has 10 fully saturated rings. The molecule has 10 saturated carbocycles. The van der Waals surface area contributed by atoms with Gasteiger partial charge in [-0.3, -0.25) is 0 Å². The van der Waals surface area contributed by atoms with E-state index in [2.05, 4.69) is 41.5 Å². The summed E-state index contributed by atoms with van der Waals surface area (Å²) in [6.45, 7) is 14.3. The van der Waals surface area contributed by atoms with Gasteiger partial charge < -0.3 is 0 Å². The Labute approximate surface area is 418 Å². The van der Waals surface area contributed by atoms with Crippen LogP contribution in [0.5, 0.6) is 0 Å². The molecule has 0 aromatic carbocycles. The standard InChI is InChI=1S/C22H38.C15H28.C10H18.C9H18.C8H16.2CH4/c1-2-6-17(5-1)19-9-13-21(14-10-19)22-15-11-20(12-16-22)18-7-3-4-8-18;1-3-12(2)13-8-10-15(11-9-13)14-6-4-5-7-14;1-2-6-9(5-1)10-7-3-4-8-10;1-3-8(2)9-6-4-5-7-9;1-7-3-5-8(2)6-4-7;;/h17-22H,1-16H2;12-15H,3-11H2,1-2H3;9-10H,1-8H2;8-9H,3-7H2,1-2H3;7-8H,3-6H2,1-2H3;2*1H4. The van der Waals surface area contributed by atoms with Crippen molar-refractivity contribution >= 4 is 0 Å². The number of hydrogen-bond donors (Lipinski definition) is 0. The summed E-state index contributed by atoms with van der Waals surface area (Å²) in [5.74, 6) is 17.5. The lowest BCUT2D eigenvalue weighted by molar-refractivity contribution is 0.112. The van der Waals surface area contributed by atoms with E-state index in [1.807, 2.05) is 0 Å². The zero-order chi connectivity index (χ0) is 44.9. The molecular formula is C66H126. The fourth-order valence-corrected chi connectivity index (χ4v) is 17.1.